The van der Waals surface area contributed by atoms with Crippen molar-refractivity contribution in [3.8, 4) is 11.3 Å². The van der Waals surface area contributed by atoms with Crippen LogP contribution in [0, 0.1) is 0 Å². The SMILES string of the molecule is O=C(NCCNC(=O)c1cc(-c2cccc(Cl)c2)on1)c1ccc(Cl)cc1. The molecule has 2 aromatic carbocycles. The van der Waals surface area contributed by atoms with E-state index in [1.165, 1.54) is 6.07 Å². The highest BCUT2D eigenvalue weighted by atomic mass is 35.5. The Bertz CT molecular complexity index is 955. The molecular formula is C19H15Cl2N3O3. The van der Waals surface area contributed by atoms with Crippen LogP contribution in [0.15, 0.2) is 59.1 Å². The first-order valence-corrected chi connectivity index (χ1v) is 8.83. The van der Waals surface area contributed by atoms with E-state index in [0.717, 1.165) is 5.56 Å². The maximum atomic E-state index is 12.1. The van der Waals surface area contributed by atoms with E-state index < -0.39 is 5.91 Å². The maximum absolute atomic E-state index is 12.1. The Kier molecular flexibility index (Phi) is 6.11. The molecule has 27 heavy (non-hydrogen) atoms. The quantitative estimate of drug-likeness (QED) is 0.612. The third kappa shape index (κ3) is 5.09. The van der Waals surface area contributed by atoms with Crippen molar-refractivity contribution < 1.29 is 14.1 Å². The number of carbonyl (C=O) groups excluding carboxylic acids is 2. The molecule has 8 heteroatoms. The largest absolute Gasteiger partial charge is 0.355 e. The van der Waals surface area contributed by atoms with Crippen molar-refractivity contribution in [2.75, 3.05) is 13.1 Å². The standard InChI is InChI=1S/C19H15Cl2N3O3/c20-14-6-4-12(5-7-14)18(25)22-8-9-23-19(26)16-11-17(27-24-16)13-2-1-3-15(21)10-13/h1-7,10-11H,8-9H2,(H,22,25)(H,23,26). The molecule has 2 amide bonds. The highest BCUT2D eigenvalue weighted by Crippen LogP contribution is 2.23. The molecule has 2 N–H and O–H groups in total. The molecule has 3 aromatic rings. The molecule has 0 saturated heterocycles. The van der Waals surface area contributed by atoms with Crippen LogP contribution in [-0.2, 0) is 0 Å². The normalized spacial score (nSPS) is 10.4. The summed E-state index contributed by atoms with van der Waals surface area (Å²) in [6, 6.07) is 15.1. The topological polar surface area (TPSA) is 84.2 Å². The molecule has 0 aliphatic rings. The Labute approximate surface area is 165 Å². The molecular weight excluding hydrogens is 389 g/mol. The number of hydrogen-bond acceptors (Lipinski definition) is 4. The molecule has 0 spiro atoms. The van der Waals surface area contributed by atoms with Crippen LogP contribution in [0.3, 0.4) is 0 Å². The molecule has 0 bridgehead atoms. The van der Waals surface area contributed by atoms with Gasteiger partial charge in [0.2, 0.25) is 0 Å². The number of aromatic nitrogens is 1. The summed E-state index contributed by atoms with van der Waals surface area (Å²) in [5, 5.41) is 10.3. The van der Waals surface area contributed by atoms with Gasteiger partial charge < -0.3 is 15.2 Å². The van der Waals surface area contributed by atoms with Gasteiger partial charge in [-0.05, 0) is 36.4 Å². The first-order chi connectivity index (χ1) is 13.0. The number of carbonyl (C=O) groups is 2. The van der Waals surface area contributed by atoms with Gasteiger partial charge in [0.15, 0.2) is 11.5 Å². The molecule has 3 rings (SSSR count). The van der Waals surface area contributed by atoms with Gasteiger partial charge in [-0.2, -0.15) is 0 Å². The minimum Gasteiger partial charge on any atom is -0.355 e. The van der Waals surface area contributed by atoms with Gasteiger partial charge in [-0.25, -0.2) is 0 Å². The summed E-state index contributed by atoms with van der Waals surface area (Å²) < 4.78 is 5.19. The second kappa shape index (κ2) is 8.70. The summed E-state index contributed by atoms with van der Waals surface area (Å²) in [7, 11) is 0. The third-order valence-electron chi connectivity index (χ3n) is 3.65. The molecule has 0 atom stereocenters. The van der Waals surface area contributed by atoms with Crippen molar-refractivity contribution in [1.29, 1.82) is 0 Å². The predicted octanol–water partition coefficient (Wildman–Crippen LogP) is 3.81. The van der Waals surface area contributed by atoms with Crippen LogP contribution in [0.2, 0.25) is 10.0 Å². The van der Waals surface area contributed by atoms with Gasteiger partial charge in [-0.1, -0.05) is 40.5 Å². The fraction of sp³-hybridized carbons (Fsp3) is 0.105. The molecule has 138 valence electrons. The smallest absolute Gasteiger partial charge is 0.273 e. The molecule has 0 aliphatic heterocycles. The van der Waals surface area contributed by atoms with Gasteiger partial charge in [0.05, 0.1) is 0 Å². The second-order valence-electron chi connectivity index (χ2n) is 5.61. The Morgan fingerprint density at radius 3 is 2.30 bits per heavy atom. The Morgan fingerprint density at radius 1 is 0.889 bits per heavy atom. The molecule has 0 fully saturated rings. The number of benzene rings is 2. The first kappa shape index (κ1) is 18.9. The van der Waals surface area contributed by atoms with Gasteiger partial charge in [0.1, 0.15) is 0 Å². The number of nitrogens with one attached hydrogen (secondary N) is 2. The summed E-state index contributed by atoms with van der Waals surface area (Å²) >= 11 is 11.7. The average Bonchev–Trinajstić information content (AvgIpc) is 3.16. The van der Waals surface area contributed by atoms with Crippen LogP contribution in [-0.4, -0.2) is 30.1 Å². The maximum Gasteiger partial charge on any atom is 0.273 e. The molecule has 0 saturated carbocycles. The third-order valence-corrected chi connectivity index (χ3v) is 4.14. The van der Waals surface area contributed by atoms with E-state index in [4.69, 9.17) is 27.7 Å². The van der Waals surface area contributed by atoms with E-state index in [2.05, 4.69) is 15.8 Å². The second-order valence-corrected chi connectivity index (χ2v) is 6.48. The van der Waals surface area contributed by atoms with E-state index in [0.29, 0.717) is 21.4 Å². The van der Waals surface area contributed by atoms with Gasteiger partial charge in [0, 0.05) is 40.3 Å². The van der Waals surface area contributed by atoms with Gasteiger partial charge in [-0.15, -0.1) is 0 Å². The predicted molar refractivity (Wildman–Crippen MR) is 103 cm³/mol. The lowest BCUT2D eigenvalue weighted by Crippen LogP contribution is -2.34. The minimum absolute atomic E-state index is 0.147. The fourth-order valence-corrected chi connectivity index (χ4v) is 2.62. The average molecular weight is 404 g/mol. The molecule has 6 nitrogen and oxygen atoms in total. The van der Waals surface area contributed by atoms with Gasteiger partial charge in [-0.3, -0.25) is 9.59 Å². The lowest BCUT2D eigenvalue weighted by molar-refractivity contribution is 0.0922. The summed E-state index contributed by atoms with van der Waals surface area (Å²) in [5.41, 5.74) is 1.37. The van der Waals surface area contributed by atoms with Crippen molar-refractivity contribution in [1.82, 2.24) is 15.8 Å². The first-order valence-electron chi connectivity index (χ1n) is 8.07. The van der Waals surface area contributed by atoms with Crippen molar-refractivity contribution in [3.05, 3.63) is 75.9 Å². The van der Waals surface area contributed by atoms with Crippen molar-refractivity contribution in [2.24, 2.45) is 0 Å². The van der Waals surface area contributed by atoms with Crippen LogP contribution in [0.25, 0.3) is 11.3 Å². The fourth-order valence-electron chi connectivity index (χ4n) is 2.31. The summed E-state index contributed by atoms with van der Waals surface area (Å²) in [6.07, 6.45) is 0. The van der Waals surface area contributed by atoms with Crippen LogP contribution >= 0.6 is 23.2 Å². The lowest BCUT2D eigenvalue weighted by Gasteiger charge is -2.06. The summed E-state index contributed by atoms with van der Waals surface area (Å²) in [6.45, 7) is 0.518. The van der Waals surface area contributed by atoms with Crippen LogP contribution in [0.4, 0.5) is 0 Å². The van der Waals surface area contributed by atoms with Crippen LogP contribution in [0.5, 0.6) is 0 Å². The molecule has 0 radical (unpaired) electrons. The van der Waals surface area contributed by atoms with Crippen molar-refractivity contribution >= 4 is 35.0 Å². The van der Waals surface area contributed by atoms with Crippen molar-refractivity contribution in [2.45, 2.75) is 0 Å². The van der Waals surface area contributed by atoms with E-state index in [1.54, 1.807) is 48.5 Å². The van der Waals surface area contributed by atoms with E-state index in [1.807, 2.05) is 0 Å². The number of hydrogen-bond donors (Lipinski definition) is 2. The highest BCUT2D eigenvalue weighted by molar-refractivity contribution is 6.31. The zero-order valence-electron chi connectivity index (χ0n) is 14.0. The Morgan fingerprint density at radius 2 is 1.59 bits per heavy atom. The number of halogens is 2. The Balaban J connectivity index is 1.48. The molecule has 0 aliphatic carbocycles. The highest BCUT2D eigenvalue weighted by Gasteiger charge is 2.13. The molecule has 1 heterocycles. The molecule has 1 aromatic heterocycles. The number of nitrogens with zero attached hydrogens (tertiary/aromatic N) is 1. The number of rotatable bonds is 6. The molecule has 0 unspecified atom stereocenters. The van der Waals surface area contributed by atoms with Gasteiger partial charge in [0.25, 0.3) is 11.8 Å². The Hall–Kier alpha value is -2.83. The summed E-state index contributed by atoms with van der Waals surface area (Å²) in [5.74, 6) is -0.197. The summed E-state index contributed by atoms with van der Waals surface area (Å²) in [4.78, 5) is 24.1. The number of amides is 2. The van der Waals surface area contributed by atoms with Crippen LogP contribution < -0.4 is 10.6 Å². The monoisotopic (exact) mass is 403 g/mol. The minimum atomic E-state index is -0.396. The van der Waals surface area contributed by atoms with Gasteiger partial charge >= 0.3 is 0 Å². The van der Waals surface area contributed by atoms with E-state index in [9.17, 15) is 9.59 Å². The van der Waals surface area contributed by atoms with Crippen LogP contribution in [0.1, 0.15) is 20.8 Å². The zero-order valence-corrected chi connectivity index (χ0v) is 15.6. The van der Waals surface area contributed by atoms with E-state index in [-0.39, 0.29) is 24.7 Å². The van der Waals surface area contributed by atoms with Crippen molar-refractivity contribution in [3.63, 3.8) is 0 Å². The lowest BCUT2D eigenvalue weighted by atomic mass is 10.1. The van der Waals surface area contributed by atoms with E-state index >= 15 is 0 Å². The zero-order chi connectivity index (χ0) is 19.2.